The predicted octanol–water partition coefficient (Wildman–Crippen LogP) is 9.01. The van der Waals surface area contributed by atoms with Crippen LogP contribution in [-0.4, -0.2) is 12.6 Å². The zero-order chi connectivity index (χ0) is 20.7. The molecule has 0 amide bonds. The maximum absolute atomic E-state index is 12.6. The van der Waals surface area contributed by atoms with Crippen LogP contribution in [0.25, 0.3) is 0 Å². The summed E-state index contributed by atoms with van der Waals surface area (Å²) in [6, 6.07) is 0. The van der Waals surface area contributed by atoms with Crippen LogP contribution in [-0.2, 0) is 9.53 Å². The quantitative estimate of drug-likeness (QED) is 0.135. The van der Waals surface area contributed by atoms with E-state index in [1.165, 1.54) is 109 Å². The Morgan fingerprint density at radius 1 is 0.536 bits per heavy atom. The highest BCUT2D eigenvalue weighted by atomic mass is 16.5. The third-order valence-electron chi connectivity index (χ3n) is 5.89. The van der Waals surface area contributed by atoms with Gasteiger partial charge in [-0.2, -0.15) is 0 Å². The zero-order valence-electron chi connectivity index (χ0n) is 19.7. The molecule has 1 atom stereocenters. The average molecular weight is 397 g/mol. The molecule has 0 aromatic heterocycles. The molecule has 0 saturated heterocycles. The van der Waals surface area contributed by atoms with Gasteiger partial charge in [-0.3, -0.25) is 4.79 Å². The first-order valence-electron chi connectivity index (χ1n) is 12.9. The lowest BCUT2D eigenvalue weighted by Gasteiger charge is -2.16. The molecule has 0 spiro atoms. The second kappa shape index (κ2) is 22.8. The topological polar surface area (TPSA) is 26.3 Å². The van der Waals surface area contributed by atoms with Gasteiger partial charge in [-0.1, -0.05) is 130 Å². The van der Waals surface area contributed by atoms with Crippen molar-refractivity contribution >= 4 is 5.97 Å². The standard InChI is InChI=1S/C26H52O2/c1-4-7-10-13-15-17-20-23-25(22-19-12-9-6-3)26(27)28-24-21-18-16-14-11-8-5-2/h25H,4-24H2,1-3H3. The second-order valence-electron chi connectivity index (χ2n) is 8.75. The van der Waals surface area contributed by atoms with Gasteiger partial charge in [0.25, 0.3) is 0 Å². The Balaban J connectivity index is 3.93. The van der Waals surface area contributed by atoms with Crippen molar-refractivity contribution in [3.05, 3.63) is 0 Å². The third-order valence-corrected chi connectivity index (χ3v) is 5.89. The van der Waals surface area contributed by atoms with E-state index < -0.39 is 0 Å². The molecule has 0 radical (unpaired) electrons. The van der Waals surface area contributed by atoms with Crippen molar-refractivity contribution in [2.45, 2.75) is 149 Å². The van der Waals surface area contributed by atoms with E-state index in [0.29, 0.717) is 6.61 Å². The minimum atomic E-state index is 0.0912. The molecule has 0 rings (SSSR count). The Hall–Kier alpha value is -0.530. The van der Waals surface area contributed by atoms with E-state index >= 15 is 0 Å². The number of carbonyl (C=O) groups excluding carboxylic acids is 1. The summed E-state index contributed by atoms with van der Waals surface area (Å²) < 4.78 is 5.66. The van der Waals surface area contributed by atoms with E-state index in [2.05, 4.69) is 20.8 Å². The van der Waals surface area contributed by atoms with Crippen molar-refractivity contribution in [3.63, 3.8) is 0 Å². The highest BCUT2D eigenvalue weighted by molar-refractivity contribution is 5.72. The Kier molecular flexibility index (Phi) is 22.3. The molecule has 168 valence electrons. The predicted molar refractivity (Wildman–Crippen MR) is 124 cm³/mol. The Morgan fingerprint density at radius 3 is 1.36 bits per heavy atom. The van der Waals surface area contributed by atoms with Gasteiger partial charge in [0.15, 0.2) is 0 Å². The van der Waals surface area contributed by atoms with Gasteiger partial charge in [0.2, 0.25) is 0 Å². The molecule has 2 nitrogen and oxygen atoms in total. The van der Waals surface area contributed by atoms with Gasteiger partial charge in [-0.25, -0.2) is 0 Å². The lowest BCUT2D eigenvalue weighted by Crippen LogP contribution is -2.18. The molecule has 0 aliphatic rings. The van der Waals surface area contributed by atoms with Gasteiger partial charge in [-0.05, 0) is 19.3 Å². The summed E-state index contributed by atoms with van der Waals surface area (Å²) in [6.07, 6.45) is 25.1. The van der Waals surface area contributed by atoms with Crippen LogP contribution in [0.2, 0.25) is 0 Å². The van der Waals surface area contributed by atoms with Crippen LogP contribution in [0.15, 0.2) is 0 Å². The van der Waals surface area contributed by atoms with Gasteiger partial charge in [-0.15, -0.1) is 0 Å². The first-order valence-corrected chi connectivity index (χ1v) is 12.9. The molecular formula is C26H52O2. The molecule has 0 fully saturated rings. The van der Waals surface area contributed by atoms with E-state index in [-0.39, 0.29) is 11.9 Å². The highest BCUT2D eigenvalue weighted by Crippen LogP contribution is 2.21. The fourth-order valence-corrected chi connectivity index (χ4v) is 3.90. The number of ether oxygens (including phenoxy) is 1. The largest absolute Gasteiger partial charge is 0.465 e. The molecule has 0 aliphatic heterocycles. The van der Waals surface area contributed by atoms with Crippen molar-refractivity contribution in [2.75, 3.05) is 6.61 Å². The molecule has 0 heterocycles. The summed E-state index contributed by atoms with van der Waals surface area (Å²) in [5, 5.41) is 0. The first-order chi connectivity index (χ1) is 13.8. The van der Waals surface area contributed by atoms with E-state index in [4.69, 9.17) is 4.74 Å². The number of rotatable bonds is 22. The summed E-state index contributed by atoms with van der Waals surface area (Å²) in [5.74, 6) is 0.241. The Labute approximate surface area is 177 Å². The van der Waals surface area contributed by atoms with Crippen LogP contribution in [0.1, 0.15) is 149 Å². The Morgan fingerprint density at radius 2 is 0.893 bits per heavy atom. The van der Waals surface area contributed by atoms with Gasteiger partial charge in [0.05, 0.1) is 12.5 Å². The molecule has 0 aromatic carbocycles. The molecule has 0 aromatic rings. The molecule has 0 N–H and O–H groups in total. The van der Waals surface area contributed by atoms with Crippen LogP contribution < -0.4 is 0 Å². The average Bonchev–Trinajstić information content (AvgIpc) is 2.70. The number of esters is 1. The van der Waals surface area contributed by atoms with Crippen molar-refractivity contribution in [1.82, 2.24) is 0 Å². The van der Waals surface area contributed by atoms with Gasteiger partial charge < -0.3 is 4.74 Å². The molecule has 1 unspecified atom stereocenters. The van der Waals surface area contributed by atoms with Gasteiger partial charge >= 0.3 is 5.97 Å². The summed E-state index contributed by atoms with van der Waals surface area (Å²) in [5.41, 5.74) is 0. The van der Waals surface area contributed by atoms with E-state index in [1.807, 2.05) is 0 Å². The number of unbranched alkanes of at least 4 members (excludes halogenated alkanes) is 15. The minimum absolute atomic E-state index is 0.0912. The van der Waals surface area contributed by atoms with E-state index in [1.54, 1.807) is 0 Å². The SMILES string of the molecule is CCCCCCCCCOC(=O)C(CCCCCC)CCCCCCCCC. The molecule has 28 heavy (non-hydrogen) atoms. The Bertz CT molecular complexity index is 314. The normalized spacial score (nSPS) is 12.2. The summed E-state index contributed by atoms with van der Waals surface area (Å²) in [4.78, 5) is 12.6. The molecule has 0 bridgehead atoms. The van der Waals surface area contributed by atoms with E-state index in [0.717, 1.165) is 19.3 Å². The van der Waals surface area contributed by atoms with Crippen LogP contribution in [0.5, 0.6) is 0 Å². The smallest absolute Gasteiger partial charge is 0.308 e. The zero-order valence-corrected chi connectivity index (χ0v) is 19.7. The van der Waals surface area contributed by atoms with Crippen LogP contribution in [0, 0.1) is 5.92 Å². The second-order valence-corrected chi connectivity index (χ2v) is 8.75. The van der Waals surface area contributed by atoms with E-state index in [9.17, 15) is 4.79 Å². The molecule has 2 heteroatoms. The summed E-state index contributed by atoms with van der Waals surface area (Å²) >= 11 is 0. The van der Waals surface area contributed by atoms with Crippen LogP contribution >= 0.6 is 0 Å². The maximum atomic E-state index is 12.6. The fourth-order valence-electron chi connectivity index (χ4n) is 3.90. The van der Waals surface area contributed by atoms with Crippen molar-refractivity contribution < 1.29 is 9.53 Å². The third kappa shape index (κ3) is 18.8. The lowest BCUT2D eigenvalue weighted by atomic mass is 9.94. The van der Waals surface area contributed by atoms with Crippen molar-refractivity contribution in [1.29, 1.82) is 0 Å². The van der Waals surface area contributed by atoms with Crippen LogP contribution in [0.3, 0.4) is 0 Å². The molecule has 0 saturated carbocycles. The van der Waals surface area contributed by atoms with Crippen molar-refractivity contribution in [2.24, 2.45) is 5.92 Å². The van der Waals surface area contributed by atoms with Gasteiger partial charge in [0, 0.05) is 0 Å². The lowest BCUT2D eigenvalue weighted by molar-refractivity contribution is -0.149. The minimum Gasteiger partial charge on any atom is -0.465 e. The van der Waals surface area contributed by atoms with Crippen LogP contribution in [0.4, 0.5) is 0 Å². The highest BCUT2D eigenvalue weighted by Gasteiger charge is 2.19. The number of carbonyl (C=O) groups is 1. The maximum Gasteiger partial charge on any atom is 0.308 e. The summed E-state index contributed by atoms with van der Waals surface area (Å²) in [6.45, 7) is 7.40. The number of hydrogen-bond acceptors (Lipinski definition) is 2. The first kappa shape index (κ1) is 27.5. The number of hydrogen-bond donors (Lipinski definition) is 0. The fraction of sp³-hybridized carbons (Fsp3) is 0.962. The van der Waals surface area contributed by atoms with Gasteiger partial charge in [0.1, 0.15) is 0 Å². The molecule has 0 aliphatic carbocycles. The monoisotopic (exact) mass is 396 g/mol. The summed E-state index contributed by atoms with van der Waals surface area (Å²) in [7, 11) is 0. The van der Waals surface area contributed by atoms with Crippen molar-refractivity contribution in [3.8, 4) is 0 Å². The molecular weight excluding hydrogens is 344 g/mol.